The number of para-hydroxylation sites is 1. The molecule has 2 heterocycles. The minimum Gasteiger partial charge on any atom is -0.493 e. The lowest BCUT2D eigenvalue weighted by Gasteiger charge is -2.19. The third-order valence-electron chi connectivity index (χ3n) is 5.20. The van der Waals surface area contributed by atoms with Gasteiger partial charge in [0.15, 0.2) is 11.5 Å². The second-order valence-corrected chi connectivity index (χ2v) is 7.55. The molecule has 0 aliphatic carbocycles. The molecule has 2 atom stereocenters. The van der Waals surface area contributed by atoms with Gasteiger partial charge in [-0.15, -0.1) is 0 Å². The molecular formula is C25H24O7. The molecular weight excluding hydrogens is 412 g/mol. The molecule has 1 aromatic heterocycles. The normalized spacial score (nSPS) is 16.8. The fourth-order valence-electron chi connectivity index (χ4n) is 3.83. The van der Waals surface area contributed by atoms with Gasteiger partial charge in [0.2, 0.25) is 6.10 Å². The van der Waals surface area contributed by atoms with Gasteiger partial charge in [0.05, 0.1) is 30.6 Å². The molecule has 1 aliphatic heterocycles. The van der Waals surface area contributed by atoms with E-state index in [4.69, 9.17) is 23.4 Å². The van der Waals surface area contributed by atoms with E-state index in [2.05, 4.69) is 6.58 Å². The Balaban J connectivity index is 1.86. The van der Waals surface area contributed by atoms with Gasteiger partial charge in [0, 0.05) is 0 Å². The number of benzene rings is 2. The fourth-order valence-corrected chi connectivity index (χ4v) is 3.83. The first-order valence-corrected chi connectivity index (χ1v) is 10.3. The van der Waals surface area contributed by atoms with Crippen LogP contribution in [0.1, 0.15) is 30.9 Å². The highest BCUT2D eigenvalue weighted by molar-refractivity contribution is 5.88. The molecule has 7 nitrogen and oxygen atoms in total. The zero-order chi connectivity index (χ0) is 22.8. The van der Waals surface area contributed by atoms with Crippen LogP contribution in [-0.2, 0) is 9.53 Å². The average molecular weight is 436 g/mol. The van der Waals surface area contributed by atoms with Crippen LogP contribution in [-0.4, -0.2) is 32.4 Å². The van der Waals surface area contributed by atoms with Crippen molar-refractivity contribution in [2.24, 2.45) is 0 Å². The topological polar surface area (TPSA) is 84.2 Å². The number of rotatable bonds is 7. The molecule has 0 saturated carbocycles. The van der Waals surface area contributed by atoms with Gasteiger partial charge in [-0.05, 0) is 49.2 Å². The quantitative estimate of drug-likeness (QED) is 0.312. The molecule has 1 aliphatic rings. The smallest absolute Gasteiger partial charge is 0.348 e. The molecule has 0 saturated heterocycles. The number of ether oxygens (including phenoxy) is 4. The maximum absolute atomic E-state index is 13.0. The van der Waals surface area contributed by atoms with Crippen LogP contribution in [0.2, 0.25) is 0 Å². The summed E-state index contributed by atoms with van der Waals surface area (Å²) >= 11 is 0. The summed E-state index contributed by atoms with van der Waals surface area (Å²) in [4.78, 5) is 25.8. The van der Waals surface area contributed by atoms with Crippen molar-refractivity contribution in [3.63, 3.8) is 0 Å². The number of carbonyl (C=O) groups excluding carboxylic acids is 1. The predicted octanol–water partition coefficient (Wildman–Crippen LogP) is 4.21. The van der Waals surface area contributed by atoms with E-state index in [1.807, 2.05) is 13.0 Å². The minimum absolute atomic E-state index is 0.189. The van der Waals surface area contributed by atoms with Gasteiger partial charge in [-0.3, -0.25) is 0 Å². The van der Waals surface area contributed by atoms with E-state index in [0.29, 0.717) is 40.4 Å². The summed E-state index contributed by atoms with van der Waals surface area (Å²) in [7, 11) is 1.52. The fraction of sp³-hybridized carbons (Fsp3) is 0.280. The van der Waals surface area contributed by atoms with Crippen LogP contribution < -0.4 is 19.8 Å². The van der Waals surface area contributed by atoms with Crippen LogP contribution in [0.15, 0.2) is 63.8 Å². The molecule has 0 bridgehead atoms. The van der Waals surface area contributed by atoms with Crippen molar-refractivity contribution < 1.29 is 28.2 Å². The monoisotopic (exact) mass is 436 g/mol. The van der Waals surface area contributed by atoms with Crippen molar-refractivity contribution in [3.8, 4) is 17.2 Å². The Hall–Kier alpha value is -3.74. The number of methoxy groups -OCH3 is 1. The first kappa shape index (κ1) is 21.5. The summed E-state index contributed by atoms with van der Waals surface area (Å²) in [6.07, 6.45) is -1.04. The SMILES string of the molecule is C=C(C)COc1ccc([C@@H]2c3c(c4ccccc4oc3=O)O[C@H]2C(=O)OCC)cc1OC. The van der Waals surface area contributed by atoms with Crippen molar-refractivity contribution in [2.45, 2.75) is 25.9 Å². The van der Waals surface area contributed by atoms with Gasteiger partial charge in [-0.25, -0.2) is 9.59 Å². The van der Waals surface area contributed by atoms with E-state index in [9.17, 15) is 9.59 Å². The average Bonchev–Trinajstić information content (AvgIpc) is 3.19. The third kappa shape index (κ3) is 3.82. The van der Waals surface area contributed by atoms with Crippen molar-refractivity contribution in [1.82, 2.24) is 0 Å². The molecule has 3 aromatic rings. The van der Waals surface area contributed by atoms with Gasteiger partial charge in [0.25, 0.3) is 0 Å². The van der Waals surface area contributed by atoms with Gasteiger partial charge < -0.3 is 23.4 Å². The molecule has 0 radical (unpaired) electrons. The third-order valence-corrected chi connectivity index (χ3v) is 5.20. The largest absolute Gasteiger partial charge is 0.493 e. The Morgan fingerprint density at radius 1 is 1.16 bits per heavy atom. The van der Waals surface area contributed by atoms with E-state index in [0.717, 1.165) is 5.57 Å². The molecule has 0 N–H and O–H groups in total. The molecule has 32 heavy (non-hydrogen) atoms. The zero-order valence-corrected chi connectivity index (χ0v) is 18.2. The molecule has 166 valence electrons. The molecule has 0 fully saturated rings. The first-order chi connectivity index (χ1) is 15.4. The van der Waals surface area contributed by atoms with Crippen molar-refractivity contribution in [2.75, 3.05) is 20.3 Å². The second kappa shape index (κ2) is 8.78. The van der Waals surface area contributed by atoms with Crippen LogP contribution in [0, 0.1) is 0 Å². The second-order valence-electron chi connectivity index (χ2n) is 7.55. The molecule has 4 rings (SSSR count). The lowest BCUT2D eigenvalue weighted by Crippen LogP contribution is -2.32. The highest BCUT2D eigenvalue weighted by Crippen LogP contribution is 2.46. The van der Waals surface area contributed by atoms with E-state index in [1.54, 1.807) is 43.3 Å². The Kier molecular flexibility index (Phi) is 5.90. The molecule has 7 heteroatoms. The maximum atomic E-state index is 13.0. The van der Waals surface area contributed by atoms with Crippen LogP contribution in [0.3, 0.4) is 0 Å². The zero-order valence-electron chi connectivity index (χ0n) is 18.2. The summed E-state index contributed by atoms with van der Waals surface area (Å²) in [5.41, 5.74) is 1.61. The highest BCUT2D eigenvalue weighted by atomic mass is 16.6. The van der Waals surface area contributed by atoms with Gasteiger partial charge in [-0.1, -0.05) is 24.8 Å². The van der Waals surface area contributed by atoms with Crippen LogP contribution in [0.5, 0.6) is 17.2 Å². The Labute approximate surface area is 185 Å². The molecule has 0 unspecified atom stereocenters. The standard InChI is InChI=1S/C25H24O7/c1-5-29-25(27)23-20(15-10-11-18(19(12-15)28-4)30-13-14(2)3)21-22(32-23)16-8-6-7-9-17(16)31-24(21)26/h6-12,20,23H,2,5,13H2,1,3-4H3/t20-,23-/m1/s1. The number of carbonyl (C=O) groups is 1. The summed E-state index contributed by atoms with van der Waals surface area (Å²) in [5, 5.41) is 0.618. The minimum atomic E-state index is -1.04. The predicted molar refractivity (Wildman–Crippen MR) is 119 cm³/mol. The summed E-state index contributed by atoms with van der Waals surface area (Å²) in [6.45, 7) is 7.94. The van der Waals surface area contributed by atoms with Crippen LogP contribution >= 0.6 is 0 Å². The number of esters is 1. The molecule has 2 aromatic carbocycles. The van der Waals surface area contributed by atoms with Gasteiger partial charge >= 0.3 is 11.6 Å². The Morgan fingerprint density at radius 2 is 1.94 bits per heavy atom. The van der Waals surface area contributed by atoms with E-state index >= 15 is 0 Å². The van der Waals surface area contributed by atoms with Crippen molar-refractivity contribution >= 4 is 16.9 Å². The van der Waals surface area contributed by atoms with E-state index in [-0.39, 0.29) is 12.2 Å². The van der Waals surface area contributed by atoms with Crippen molar-refractivity contribution in [3.05, 3.63) is 76.2 Å². The van der Waals surface area contributed by atoms with Gasteiger partial charge in [0.1, 0.15) is 17.9 Å². The number of fused-ring (bicyclic) bond motifs is 3. The Morgan fingerprint density at radius 3 is 2.66 bits per heavy atom. The van der Waals surface area contributed by atoms with Gasteiger partial charge in [-0.2, -0.15) is 0 Å². The van der Waals surface area contributed by atoms with Crippen LogP contribution in [0.25, 0.3) is 11.0 Å². The van der Waals surface area contributed by atoms with Crippen LogP contribution in [0.4, 0.5) is 0 Å². The van der Waals surface area contributed by atoms with E-state index < -0.39 is 23.6 Å². The summed E-state index contributed by atoms with van der Waals surface area (Å²) < 4.78 is 28.1. The number of hydrogen-bond donors (Lipinski definition) is 0. The molecule has 0 spiro atoms. The molecule has 0 amide bonds. The Bertz CT molecular complexity index is 1240. The first-order valence-electron chi connectivity index (χ1n) is 10.3. The summed E-state index contributed by atoms with van der Waals surface area (Å²) in [5.74, 6) is 0.0378. The van der Waals surface area contributed by atoms with Crippen molar-refractivity contribution in [1.29, 1.82) is 0 Å². The lowest BCUT2D eigenvalue weighted by atomic mass is 9.88. The van der Waals surface area contributed by atoms with E-state index in [1.165, 1.54) is 7.11 Å². The lowest BCUT2D eigenvalue weighted by molar-refractivity contribution is -0.151. The maximum Gasteiger partial charge on any atom is 0.348 e. The highest BCUT2D eigenvalue weighted by Gasteiger charge is 2.45. The summed E-state index contributed by atoms with van der Waals surface area (Å²) in [6, 6.07) is 12.3. The number of hydrogen-bond acceptors (Lipinski definition) is 7.